The van der Waals surface area contributed by atoms with Crippen molar-refractivity contribution in [1.29, 1.82) is 0 Å². The molecule has 1 aliphatic carbocycles. The number of hydrogen-bond acceptors (Lipinski definition) is 5. The first-order chi connectivity index (χ1) is 16.2. The summed E-state index contributed by atoms with van der Waals surface area (Å²) in [6, 6.07) is 19.7. The number of benzene rings is 2. The van der Waals surface area contributed by atoms with Crippen molar-refractivity contribution in [2.24, 2.45) is 0 Å². The number of hydrogen-bond donors (Lipinski definition) is 1. The van der Waals surface area contributed by atoms with Crippen LogP contribution in [0.2, 0.25) is 0 Å². The summed E-state index contributed by atoms with van der Waals surface area (Å²) in [7, 11) is 0. The van der Waals surface area contributed by atoms with E-state index in [9.17, 15) is 9.59 Å². The van der Waals surface area contributed by atoms with Crippen LogP contribution in [0.25, 0.3) is 16.6 Å². The van der Waals surface area contributed by atoms with Gasteiger partial charge in [-0.2, -0.15) is 0 Å². The van der Waals surface area contributed by atoms with Crippen LogP contribution in [0.1, 0.15) is 44.1 Å². The Labute approximate surface area is 198 Å². The summed E-state index contributed by atoms with van der Waals surface area (Å²) < 4.78 is 0. The molecule has 0 aliphatic heterocycles. The van der Waals surface area contributed by atoms with Crippen molar-refractivity contribution in [1.82, 2.24) is 15.1 Å². The van der Waals surface area contributed by atoms with E-state index in [0.717, 1.165) is 41.8 Å². The largest absolute Gasteiger partial charge is 0.336 e. The van der Waals surface area contributed by atoms with Gasteiger partial charge in [-0.3, -0.25) is 9.59 Å². The molecular formula is C26H28N4O2S. The highest BCUT2D eigenvalue weighted by atomic mass is 32.1. The van der Waals surface area contributed by atoms with Crippen molar-refractivity contribution >= 4 is 34.4 Å². The van der Waals surface area contributed by atoms with Crippen LogP contribution in [0.5, 0.6) is 0 Å². The lowest BCUT2D eigenvalue weighted by molar-refractivity contribution is -0.129. The highest BCUT2D eigenvalue weighted by Gasteiger charge is 2.24. The van der Waals surface area contributed by atoms with Gasteiger partial charge in [-0.15, -0.1) is 10.2 Å². The van der Waals surface area contributed by atoms with E-state index < -0.39 is 0 Å². The van der Waals surface area contributed by atoms with E-state index in [0.29, 0.717) is 11.7 Å². The van der Waals surface area contributed by atoms with Crippen LogP contribution < -0.4 is 5.32 Å². The summed E-state index contributed by atoms with van der Waals surface area (Å²) in [5.41, 5.74) is 1.95. The lowest BCUT2D eigenvalue weighted by Gasteiger charge is -2.33. The maximum absolute atomic E-state index is 13.0. The summed E-state index contributed by atoms with van der Waals surface area (Å²) in [5.74, 6) is -0.202. The Hall–Kier alpha value is -3.32. The van der Waals surface area contributed by atoms with E-state index in [1.165, 1.54) is 17.8 Å². The number of anilines is 1. The molecule has 0 spiro atoms. The van der Waals surface area contributed by atoms with Crippen molar-refractivity contribution in [3.05, 3.63) is 72.3 Å². The van der Waals surface area contributed by atoms with E-state index in [1.807, 2.05) is 71.6 Å². The summed E-state index contributed by atoms with van der Waals surface area (Å²) in [5, 5.41) is 12.3. The molecule has 0 bridgehead atoms. The van der Waals surface area contributed by atoms with Crippen LogP contribution in [0, 0.1) is 0 Å². The Morgan fingerprint density at radius 1 is 0.970 bits per heavy atom. The molecule has 2 aromatic carbocycles. The van der Waals surface area contributed by atoms with E-state index in [-0.39, 0.29) is 24.3 Å². The molecule has 1 heterocycles. The number of aromatic nitrogens is 2. The number of carbonyl (C=O) groups excluding carboxylic acids is 2. The van der Waals surface area contributed by atoms with Gasteiger partial charge in [0.25, 0.3) is 0 Å². The van der Waals surface area contributed by atoms with Crippen molar-refractivity contribution in [2.45, 2.75) is 44.6 Å². The fourth-order valence-corrected chi connectivity index (χ4v) is 4.83. The first kappa shape index (κ1) is 22.9. The Balaban J connectivity index is 1.37. The van der Waals surface area contributed by atoms with Gasteiger partial charge < -0.3 is 10.2 Å². The van der Waals surface area contributed by atoms with E-state index >= 15 is 0 Å². The van der Waals surface area contributed by atoms with Crippen LogP contribution in [0.3, 0.4) is 0 Å². The SMILES string of the molecule is O=C(CCN(C(=O)/C=C/c1ccccc1)C1CCCCC1)Nc1nnc(-c2ccccc2)s1. The van der Waals surface area contributed by atoms with Gasteiger partial charge in [-0.05, 0) is 24.5 Å². The van der Waals surface area contributed by atoms with Gasteiger partial charge in [-0.1, -0.05) is 91.3 Å². The number of nitrogens with one attached hydrogen (secondary N) is 1. The first-order valence-corrected chi connectivity index (χ1v) is 12.2. The third kappa shape index (κ3) is 6.58. The fourth-order valence-electron chi connectivity index (χ4n) is 4.07. The summed E-state index contributed by atoms with van der Waals surface area (Å²) >= 11 is 1.34. The Bertz CT molecular complexity index is 1080. The van der Waals surface area contributed by atoms with Crippen LogP contribution in [0.4, 0.5) is 5.13 Å². The smallest absolute Gasteiger partial charge is 0.246 e. The minimum Gasteiger partial charge on any atom is -0.336 e. The minimum atomic E-state index is -0.161. The molecule has 1 saturated carbocycles. The summed E-state index contributed by atoms with van der Waals surface area (Å²) in [4.78, 5) is 27.5. The molecule has 3 aromatic rings. The predicted octanol–water partition coefficient (Wildman–Crippen LogP) is 5.41. The van der Waals surface area contributed by atoms with Gasteiger partial charge >= 0.3 is 0 Å². The fraction of sp³-hybridized carbons (Fsp3) is 0.308. The lowest BCUT2D eigenvalue weighted by Crippen LogP contribution is -2.42. The zero-order chi connectivity index (χ0) is 22.9. The van der Waals surface area contributed by atoms with E-state index in [2.05, 4.69) is 15.5 Å². The van der Waals surface area contributed by atoms with Gasteiger partial charge in [-0.25, -0.2) is 0 Å². The Morgan fingerprint density at radius 3 is 2.39 bits per heavy atom. The third-order valence-electron chi connectivity index (χ3n) is 5.79. The third-order valence-corrected chi connectivity index (χ3v) is 6.68. The van der Waals surface area contributed by atoms with Crippen LogP contribution in [-0.2, 0) is 9.59 Å². The van der Waals surface area contributed by atoms with Crippen molar-refractivity contribution < 1.29 is 9.59 Å². The number of carbonyl (C=O) groups is 2. The van der Waals surface area contributed by atoms with Crippen LogP contribution >= 0.6 is 11.3 Å². The predicted molar refractivity (Wildman–Crippen MR) is 133 cm³/mol. The highest BCUT2D eigenvalue weighted by Crippen LogP contribution is 2.26. The van der Waals surface area contributed by atoms with Gasteiger partial charge in [0.2, 0.25) is 16.9 Å². The van der Waals surface area contributed by atoms with Gasteiger partial charge in [0, 0.05) is 30.6 Å². The number of rotatable bonds is 8. The quantitative estimate of drug-likeness (QED) is 0.456. The molecule has 0 radical (unpaired) electrons. The summed E-state index contributed by atoms with van der Waals surface area (Å²) in [6.07, 6.45) is 9.11. The topological polar surface area (TPSA) is 75.2 Å². The maximum Gasteiger partial charge on any atom is 0.246 e. The van der Waals surface area contributed by atoms with E-state index in [1.54, 1.807) is 6.08 Å². The normalized spacial score (nSPS) is 14.3. The van der Waals surface area contributed by atoms with Crippen molar-refractivity contribution in [2.75, 3.05) is 11.9 Å². The lowest BCUT2D eigenvalue weighted by atomic mass is 9.94. The van der Waals surface area contributed by atoms with Crippen molar-refractivity contribution in [3.63, 3.8) is 0 Å². The molecule has 33 heavy (non-hydrogen) atoms. The molecule has 1 aliphatic rings. The highest BCUT2D eigenvalue weighted by molar-refractivity contribution is 7.18. The molecule has 1 fully saturated rings. The van der Waals surface area contributed by atoms with Crippen LogP contribution in [0.15, 0.2) is 66.7 Å². The second-order valence-electron chi connectivity index (χ2n) is 8.14. The van der Waals surface area contributed by atoms with Gasteiger partial charge in [0.05, 0.1) is 0 Å². The average Bonchev–Trinajstić information content (AvgIpc) is 3.33. The average molecular weight is 461 g/mol. The molecule has 170 valence electrons. The molecular weight excluding hydrogens is 432 g/mol. The zero-order valence-corrected chi connectivity index (χ0v) is 19.3. The molecule has 1 aromatic heterocycles. The maximum atomic E-state index is 13.0. The zero-order valence-electron chi connectivity index (χ0n) is 18.5. The molecule has 6 nitrogen and oxygen atoms in total. The molecule has 0 atom stereocenters. The number of amides is 2. The second-order valence-corrected chi connectivity index (χ2v) is 9.12. The van der Waals surface area contributed by atoms with E-state index in [4.69, 9.17) is 0 Å². The molecule has 4 rings (SSSR count). The van der Waals surface area contributed by atoms with Gasteiger partial charge in [0.1, 0.15) is 5.01 Å². The molecule has 1 N–H and O–H groups in total. The summed E-state index contributed by atoms with van der Waals surface area (Å²) in [6.45, 7) is 0.388. The molecule has 0 unspecified atom stereocenters. The molecule has 0 saturated heterocycles. The van der Waals surface area contributed by atoms with Crippen LogP contribution in [-0.4, -0.2) is 39.5 Å². The Kier molecular flexibility index (Phi) is 7.98. The molecule has 2 amide bonds. The minimum absolute atomic E-state index is 0.0409. The second kappa shape index (κ2) is 11.5. The first-order valence-electron chi connectivity index (χ1n) is 11.4. The number of nitrogens with zero attached hydrogens (tertiary/aromatic N) is 3. The molecule has 7 heteroatoms. The standard InChI is InChI=1S/C26H28N4O2S/c31-23(27-26-29-28-25(33-26)21-12-6-2-7-13-21)18-19-30(22-14-8-3-9-15-22)24(32)17-16-20-10-4-1-5-11-20/h1-2,4-7,10-13,16-17,22H,3,8-9,14-15,18-19H2,(H,27,29,31)/b17-16+. The monoisotopic (exact) mass is 460 g/mol. The Morgan fingerprint density at radius 2 is 1.67 bits per heavy atom. The van der Waals surface area contributed by atoms with Gasteiger partial charge in [0.15, 0.2) is 0 Å². The van der Waals surface area contributed by atoms with Crippen molar-refractivity contribution in [3.8, 4) is 10.6 Å².